The lowest BCUT2D eigenvalue weighted by Gasteiger charge is -2.25. The fourth-order valence-electron chi connectivity index (χ4n) is 2.45. The van der Waals surface area contributed by atoms with Gasteiger partial charge in [0, 0.05) is 13.2 Å². The molecule has 5 nitrogen and oxygen atoms in total. The number of hydrogen-bond acceptors (Lipinski definition) is 3. The third-order valence-electron chi connectivity index (χ3n) is 4.06. The van der Waals surface area contributed by atoms with Crippen LogP contribution in [0.3, 0.4) is 0 Å². The van der Waals surface area contributed by atoms with Crippen molar-refractivity contribution in [2.75, 3.05) is 26.4 Å². The van der Waals surface area contributed by atoms with Gasteiger partial charge in [0.05, 0.1) is 26.4 Å². The summed E-state index contributed by atoms with van der Waals surface area (Å²) in [6.07, 6.45) is 3.97. The molecule has 0 heterocycles. The summed E-state index contributed by atoms with van der Waals surface area (Å²) in [5.74, 6) is 1.32. The fourth-order valence-corrected chi connectivity index (χ4v) is 2.45. The van der Waals surface area contributed by atoms with Gasteiger partial charge in [-0.25, -0.2) is 4.99 Å². The van der Waals surface area contributed by atoms with E-state index in [0.717, 1.165) is 30.2 Å². The number of nitrogens with one attached hydrogen (secondary N) is 1. The van der Waals surface area contributed by atoms with Gasteiger partial charge in [0.15, 0.2) is 5.96 Å². The second-order valence-corrected chi connectivity index (χ2v) is 5.95. The quantitative estimate of drug-likeness (QED) is 0.395. The van der Waals surface area contributed by atoms with Crippen molar-refractivity contribution in [1.82, 2.24) is 5.32 Å². The minimum absolute atomic E-state index is 0.537. The second kappa shape index (κ2) is 10.2. The third kappa shape index (κ3) is 7.01. The number of aliphatic imine (C=N–C) groups is 1. The summed E-state index contributed by atoms with van der Waals surface area (Å²) in [5, 5.41) is 3.21. The first-order chi connectivity index (χ1) is 11.3. The van der Waals surface area contributed by atoms with Gasteiger partial charge < -0.3 is 20.5 Å². The minimum Gasteiger partial charge on any atom is -0.379 e. The fraction of sp³-hybridized carbons (Fsp3) is 0.611. The monoisotopic (exact) mass is 319 g/mol. The molecule has 1 fully saturated rings. The van der Waals surface area contributed by atoms with Gasteiger partial charge in [-0.2, -0.15) is 0 Å². The molecular formula is C18H29N3O2. The Morgan fingerprint density at radius 3 is 2.78 bits per heavy atom. The van der Waals surface area contributed by atoms with Crippen molar-refractivity contribution >= 4 is 5.96 Å². The maximum Gasteiger partial charge on any atom is 0.188 e. The number of benzene rings is 1. The average Bonchev–Trinajstić information content (AvgIpc) is 2.52. The van der Waals surface area contributed by atoms with Crippen LogP contribution < -0.4 is 11.1 Å². The number of nitrogens with zero attached hydrogens (tertiary/aromatic N) is 1. The lowest BCUT2D eigenvalue weighted by molar-refractivity contribution is 0.0453. The predicted molar refractivity (Wildman–Crippen MR) is 93.3 cm³/mol. The molecule has 0 unspecified atom stereocenters. The van der Waals surface area contributed by atoms with Gasteiger partial charge in [0.1, 0.15) is 0 Å². The van der Waals surface area contributed by atoms with E-state index < -0.39 is 0 Å². The second-order valence-electron chi connectivity index (χ2n) is 5.95. The Morgan fingerprint density at radius 2 is 2.04 bits per heavy atom. The summed E-state index contributed by atoms with van der Waals surface area (Å²) in [7, 11) is 0. The van der Waals surface area contributed by atoms with Gasteiger partial charge in [0.2, 0.25) is 0 Å². The average molecular weight is 319 g/mol. The van der Waals surface area contributed by atoms with Gasteiger partial charge in [-0.05, 0) is 36.8 Å². The highest BCUT2D eigenvalue weighted by molar-refractivity contribution is 5.77. The van der Waals surface area contributed by atoms with Crippen LogP contribution in [0.15, 0.2) is 29.3 Å². The lowest BCUT2D eigenvalue weighted by atomic mass is 9.85. The Bertz CT molecular complexity index is 487. The molecule has 1 aliphatic rings. The lowest BCUT2D eigenvalue weighted by Crippen LogP contribution is -2.37. The zero-order valence-electron chi connectivity index (χ0n) is 14.1. The molecule has 0 aromatic heterocycles. The molecule has 0 aliphatic heterocycles. The third-order valence-corrected chi connectivity index (χ3v) is 4.06. The normalized spacial score (nSPS) is 15.4. The van der Waals surface area contributed by atoms with E-state index in [9.17, 15) is 0 Å². The van der Waals surface area contributed by atoms with Crippen LogP contribution in [0, 0.1) is 5.92 Å². The SMILES string of the molecule is CCOCCOCc1cccc(CN=C(N)NCC2CCC2)c1. The molecule has 0 bridgehead atoms. The standard InChI is InChI=1S/C18H29N3O2/c1-2-22-9-10-23-14-17-8-4-7-16(11-17)13-21-18(19)20-12-15-5-3-6-15/h4,7-8,11,15H,2-3,5-6,9-10,12-14H2,1H3,(H3,19,20,21). The first-order valence-electron chi connectivity index (χ1n) is 8.55. The van der Waals surface area contributed by atoms with Crippen molar-refractivity contribution in [1.29, 1.82) is 0 Å². The van der Waals surface area contributed by atoms with E-state index >= 15 is 0 Å². The van der Waals surface area contributed by atoms with Crippen molar-refractivity contribution in [2.45, 2.75) is 39.3 Å². The topological polar surface area (TPSA) is 68.9 Å². The molecule has 0 radical (unpaired) electrons. The van der Waals surface area contributed by atoms with Gasteiger partial charge in [0.25, 0.3) is 0 Å². The number of ether oxygens (including phenoxy) is 2. The summed E-state index contributed by atoms with van der Waals surface area (Å²) >= 11 is 0. The summed E-state index contributed by atoms with van der Waals surface area (Å²) in [6, 6.07) is 8.27. The van der Waals surface area contributed by atoms with Crippen molar-refractivity contribution in [3.05, 3.63) is 35.4 Å². The maximum absolute atomic E-state index is 5.91. The Morgan fingerprint density at radius 1 is 1.26 bits per heavy atom. The van der Waals surface area contributed by atoms with Gasteiger partial charge in [-0.1, -0.05) is 30.7 Å². The Balaban J connectivity index is 1.70. The molecular weight excluding hydrogens is 290 g/mol. The van der Waals surface area contributed by atoms with Crippen LogP contribution in [0.25, 0.3) is 0 Å². The maximum atomic E-state index is 5.91. The Kier molecular flexibility index (Phi) is 7.90. The zero-order chi connectivity index (χ0) is 16.3. The highest BCUT2D eigenvalue weighted by Crippen LogP contribution is 2.24. The number of rotatable bonds is 10. The van der Waals surface area contributed by atoms with Gasteiger partial charge in [-0.3, -0.25) is 0 Å². The van der Waals surface area contributed by atoms with Gasteiger partial charge >= 0.3 is 0 Å². The van der Waals surface area contributed by atoms with Gasteiger partial charge in [-0.15, -0.1) is 0 Å². The van der Waals surface area contributed by atoms with E-state index in [2.05, 4.69) is 28.5 Å². The number of hydrogen-bond donors (Lipinski definition) is 2. The van der Waals surface area contributed by atoms with Crippen LogP contribution in [0.2, 0.25) is 0 Å². The van der Waals surface area contributed by atoms with E-state index in [4.69, 9.17) is 15.2 Å². The smallest absolute Gasteiger partial charge is 0.188 e. The first kappa shape index (κ1) is 17.8. The van der Waals surface area contributed by atoms with Crippen molar-refractivity contribution in [2.24, 2.45) is 16.6 Å². The molecule has 1 aromatic rings. The summed E-state index contributed by atoms with van der Waals surface area (Å²) < 4.78 is 10.8. The highest BCUT2D eigenvalue weighted by Gasteiger charge is 2.16. The summed E-state index contributed by atoms with van der Waals surface area (Å²) in [6.45, 7) is 6.11. The molecule has 0 spiro atoms. The molecule has 1 saturated carbocycles. The molecule has 0 saturated heterocycles. The molecule has 1 aromatic carbocycles. The van der Waals surface area contributed by atoms with E-state index in [1.54, 1.807) is 0 Å². The summed E-state index contributed by atoms with van der Waals surface area (Å²) in [5.41, 5.74) is 8.20. The molecule has 5 heteroatoms. The molecule has 2 rings (SSSR count). The van der Waals surface area contributed by atoms with Crippen LogP contribution in [0.4, 0.5) is 0 Å². The molecule has 0 atom stereocenters. The zero-order valence-corrected chi connectivity index (χ0v) is 14.1. The summed E-state index contributed by atoms with van der Waals surface area (Å²) in [4.78, 5) is 4.41. The molecule has 1 aliphatic carbocycles. The Labute approximate surface area is 139 Å². The predicted octanol–water partition coefficient (Wildman–Crippen LogP) is 2.44. The minimum atomic E-state index is 0.537. The van der Waals surface area contributed by atoms with E-state index in [1.807, 2.05) is 13.0 Å². The van der Waals surface area contributed by atoms with Crippen molar-refractivity contribution in [3.8, 4) is 0 Å². The van der Waals surface area contributed by atoms with Crippen LogP contribution in [-0.4, -0.2) is 32.3 Å². The number of guanidine groups is 1. The van der Waals surface area contributed by atoms with Crippen LogP contribution >= 0.6 is 0 Å². The molecule has 128 valence electrons. The van der Waals surface area contributed by atoms with Crippen molar-refractivity contribution < 1.29 is 9.47 Å². The van der Waals surface area contributed by atoms with Crippen molar-refractivity contribution in [3.63, 3.8) is 0 Å². The molecule has 0 amide bonds. The van der Waals surface area contributed by atoms with Crippen LogP contribution in [0.1, 0.15) is 37.3 Å². The molecule has 3 N–H and O–H groups in total. The van der Waals surface area contributed by atoms with E-state index in [1.165, 1.54) is 19.3 Å². The number of nitrogens with two attached hydrogens (primary N) is 1. The van der Waals surface area contributed by atoms with Crippen LogP contribution in [0.5, 0.6) is 0 Å². The largest absolute Gasteiger partial charge is 0.379 e. The first-order valence-corrected chi connectivity index (χ1v) is 8.55. The molecule has 23 heavy (non-hydrogen) atoms. The van der Waals surface area contributed by atoms with E-state index in [0.29, 0.717) is 32.3 Å². The Hall–Kier alpha value is -1.59. The van der Waals surface area contributed by atoms with Crippen LogP contribution in [-0.2, 0) is 22.6 Å². The van der Waals surface area contributed by atoms with E-state index in [-0.39, 0.29) is 0 Å². The highest BCUT2D eigenvalue weighted by atomic mass is 16.5.